The van der Waals surface area contributed by atoms with Crippen LogP contribution in [0.3, 0.4) is 0 Å². The molecule has 1 aliphatic rings. The molecule has 0 aromatic heterocycles. The summed E-state index contributed by atoms with van der Waals surface area (Å²) in [4.78, 5) is 14.4. The van der Waals surface area contributed by atoms with E-state index in [0.29, 0.717) is 23.9 Å². The van der Waals surface area contributed by atoms with Crippen molar-refractivity contribution in [2.45, 2.75) is 11.7 Å². The summed E-state index contributed by atoms with van der Waals surface area (Å²) in [5.41, 5.74) is 1.67. The number of carbonyl (C=O) groups excluding carboxylic acids is 1. The lowest BCUT2D eigenvalue weighted by molar-refractivity contribution is 0.0766. The van der Waals surface area contributed by atoms with Gasteiger partial charge in [0.2, 0.25) is 0 Å². The lowest BCUT2D eigenvalue weighted by Crippen LogP contribution is -2.32. The smallest absolute Gasteiger partial charge is 0.253 e. The molecule has 2 aromatic rings. The molecule has 2 nitrogen and oxygen atoms in total. The molecule has 2 aromatic carbocycles. The Bertz CT molecular complexity index is 692. The van der Waals surface area contributed by atoms with Crippen molar-refractivity contribution in [2.24, 2.45) is 0 Å². The van der Waals surface area contributed by atoms with Crippen LogP contribution in [-0.4, -0.2) is 29.6 Å². The van der Waals surface area contributed by atoms with E-state index in [4.69, 9.17) is 11.6 Å². The van der Waals surface area contributed by atoms with E-state index in [1.807, 2.05) is 34.9 Å². The highest BCUT2D eigenvalue weighted by Gasteiger charge is 2.23. The fourth-order valence-electron chi connectivity index (χ4n) is 2.73. The average Bonchev–Trinajstić information content (AvgIpc) is 2.81. The van der Waals surface area contributed by atoms with Gasteiger partial charge in [-0.25, -0.2) is 4.39 Å². The Balaban J connectivity index is 1.70. The van der Waals surface area contributed by atoms with Crippen LogP contribution in [0.2, 0.25) is 5.02 Å². The Morgan fingerprint density at radius 3 is 2.61 bits per heavy atom. The van der Waals surface area contributed by atoms with Crippen LogP contribution in [0.5, 0.6) is 0 Å². The minimum atomic E-state index is -0.327. The molecule has 1 fully saturated rings. The van der Waals surface area contributed by atoms with Crippen LogP contribution in [0.1, 0.15) is 27.6 Å². The van der Waals surface area contributed by atoms with Crippen molar-refractivity contribution in [2.75, 3.05) is 18.8 Å². The van der Waals surface area contributed by atoms with Gasteiger partial charge in [0.1, 0.15) is 5.82 Å². The van der Waals surface area contributed by atoms with Gasteiger partial charge in [0, 0.05) is 34.7 Å². The van der Waals surface area contributed by atoms with Crippen LogP contribution in [-0.2, 0) is 0 Å². The molecule has 0 bridgehead atoms. The van der Waals surface area contributed by atoms with E-state index >= 15 is 0 Å². The maximum absolute atomic E-state index is 13.0. The van der Waals surface area contributed by atoms with Gasteiger partial charge >= 0.3 is 0 Å². The first-order valence-corrected chi connectivity index (χ1v) is 8.98. The first-order chi connectivity index (χ1) is 11.1. The molecular formula is C18H17ClFNOS. The fraction of sp³-hybridized carbons (Fsp3) is 0.278. The van der Waals surface area contributed by atoms with E-state index in [2.05, 4.69) is 6.07 Å². The summed E-state index contributed by atoms with van der Waals surface area (Å²) in [7, 11) is 0. The molecule has 1 atom stereocenters. The lowest BCUT2D eigenvalue weighted by Gasteiger charge is -2.20. The van der Waals surface area contributed by atoms with E-state index in [-0.39, 0.29) is 11.7 Å². The third kappa shape index (κ3) is 3.88. The number of halogens is 2. The molecule has 0 spiro atoms. The van der Waals surface area contributed by atoms with Gasteiger partial charge in [-0.1, -0.05) is 29.8 Å². The number of hydrogen-bond acceptors (Lipinski definition) is 2. The molecule has 1 unspecified atom stereocenters. The largest absolute Gasteiger partial charge is 0.338 e. The highest BCUT2D eigenvalue weighted by Crippen LogP contribution is 2.37. The van der Waals surface area contributed by atoms with E-state index in [1.54, 1.807) is 12.1 Å². The van der Waals surface area contributed by atoms with E-state index in [1.165, 1.54) is 12.1 Å². The van der Waals surface area contributed by atoms with Gasteiger partial charge in [0.05, 0.1) is 0 Å². The molecular weight excluding hydrogens is 333 g/mol. The van der Waals surface area contributed by atoms with Gasteiger partial charge in [-0.3, -0.25) is 4.79 Å². The predicted molar refractivity (Wildman–Crippen MR) is 93.6 cm³/mol. The monoisotopic (exact) mass is 349 g/mol. The Morgan fingerprint density at radius 1 is 1.13 bits per heavy atom. The zero-order valence-electron chi connectivity index (χ0n) is 12.5. The zero-order valence-corrected chi connectivity index (χ0v) is 14.1. The van der Waals surface area contributed by atoms with E-state index < -0.39 is 0 Å². The molecule has 0 aliphatic carbocycles. The van der Waals surface area contributed by atoms with Gasteiger partial charge in [-0.15, -0.1) is 0 Å². The van der Waals surface area contributed by atoms with Crippen LogP contribution < -0.4 is 0 Å². The minimum absolute atomic E-state index is 0.0367. The van der Waals surface area contributed by atoms with Crippen molar-refractivity contribution in [3.63, 3.8) is 0 Å². The van der Waals surface area contributed by atoms with Crippen LogP contribution in [0, 0.1) is 5.82 Å². The highest BCUT2D eigenvalue weighted by molar-refractivity contribution is 7.99. The van der Waals surface area contributed by atoms with Crippen LogP contribution >= 0.6 is 23.4 Å². The molecule has 0 N–H and O–H groups in total. The Hall–Kier alpha value is -1.52. The zero-order chi connectivity index (χ0) is 16.2. The number of carbonyl (C=O) groups is 1. The average molecular weight is 350 g/mol. The van der Waals surface area contributed by atoms with Gasteiger partial charge in [0.15, 0.2) is 0 Å². The summed E-state index contributed by atoms with van der Waals surface area (Å²) in [6, 6.07) is 13.6. The van der Waals surface area contributed by atoms with Gasteiger partial charge in [-0.05, 0) is 42.3 Å². The SMILES string of the molecule is O=C(c1ccc(F)cc1)N1CCSC(c2ccccc2Cl)CC1. The maximum Gasteiger partial charge on any atom is 0.253 e. The highest BCUT2D eigenvalue weighted by atomic mass is 35.5. The predicted octanol–water partition coefficient (Wildman–Crippen LogP) is 4.80. The molecule has 120 valence electrons. The minimum Gasteiger partial charge on any atom is -0.338 e. The molecule has 1 amide bonds. The molecule has 1 saturated heterocycles. The molecule has 3 rings (SSSR count). The van der Waals surface area contributed by atoms with Crippen molar-refractivity contribution < 1.29 is 9.18 Å². The van der Waals surface area contributed by atoms with Crippen molar-refractivity contribution >= 4 is 29.3 Å². The summed E-state index contributed by atoms with van der Waals surface area (Å²) in [5, 5.41) is 1.08. The summed E-state index contributed by atoms with van der Waals surface area (Å²) in [6.07, 6.45) is 0.862. The second kappa shape index (κ2) is 7.37. The molecule has 5 heteroatoms. The number of amides is 1. The number of nitrogens with zero attached hydrogens (tertiary/aromatic N) is 1. The van der Waals surface area contributed by atoms with Crippen LogP contribution in [0.4, 0.5) is 4.39 Å². The Kier molecular flexibility index (Phi) is 5.23. The second-order valence-electron chi connectivity index (χ2n) is 5.47. The summed E-state index contributed by atoms with van der Waals surface area (Å²) in [5.74, 6) is 0.500. The first-order valence-electron chi connectivity index (χ1n) is 7.56. The summed E-state index contributed by atoms with van der Waals surface area (Å²) < 4.78 is 13.0. The van der Waals surface area contributed by atoms with Gasteiger partial charge < -0.3 is 4.90 Å². The summed E-state index contributed by atoms with van der Waals surface area (Å²) in [6.45, 7) is 1.38. The Labute approximate surface area is 144 Å². The molecule has 1 heterocycles. The molecule has 0 saturated carbocycles. The standard InChI is InChI=1S/C18H17ClFNOS/c19-16-4-2-1-3-15(16)17-9-10-21(11-12-23-17)18(22)13-5-7-14(20)8-6-13/h1-8,17H,9-12H2. The van der Waals surface area contributed by atoms with E-state index in [9.17, 15) is 9.18 Å². The number of hydrogen-bond donors (Lipinski definition) is 0. The number of rotatable bonds is 2. The second-order valence-corrected chi connectivity index (χ2v) is 7.19. The third-order valence-electron chi connectivity index (χ3n) is 3.97. The van der Waals surface area contributed by atoms with Crippen molar-refractivity contribution in [1.82, 2.24) is 4.90 Å². The van der Waals surface area contributed by atoms with Crippen molar-refractivity contribution in [3.05, 3.63) is 70.5 Å². The lowest BCUT2D eigenvalue weighted by atomic mass is 10.1. The van der Waals surface area contributed by atoms with Crippen LogP contribution in [0.15, 0.2) is 48.5 Å². The molecule has 1 aliphatic heterocycles. The Morgan fingerprint density at radius 2 is 1.87 bits per heavy atom. The normalized spacial score (nSPS) is 18.5. The van der Waals surface area contributed by atoms with E-state index in [0.717, 1.165) is 22.8 Å². The molecule has 23 heavy (non-hydrogen) atoms. The topological polar surface area (TPSA) is 20.3 Å². The van der Waals surface area contributed by atoms with Crippen LogP contribution in [0.25, 0.3) is 0 Å². The first kappa shape index (κ1) is 16.3. The third-order valence-corrected chi connectivity index (χ3v) is 5.63. The summed E-state index contributed by atoms with van der Waals surface area (Å²) >= 11 is 8.12. The van der Waals surface area contributed by atoms with Crippen molar-refractivity contribution in [3.8, 4) is 0 Å². The molecule has 0 radical (unpaired) electrons. The fourth-order valence-corrected chi connectivity index (χ4v) is 4.33. The van der Waals surface area contributed by atoms with Gasteiger partial charge in [-0.2, -0.15) is 11.8 Å². The number of thioether (sulfide) groups is 1. The quantitative estimate of drug-likeness (QED) is 0.776. The van der Waals surface area contributed by atoms with Gasteiger partial charge in [0.25, 0.3) is 5.91 Å². The number of benzene rings is 2. The maximum atomic E-state index is 13.0. The van der Waals surface area contributed by atoms with Crippen molar-refractivity contribution in [1.29, 1.82) is 0 Å².